The Morgan fingerprint density at radius 2 is 1.41 bits per heavy atom. The fourth-order valence-corrected chi connectivity index (χ4v) is 3.81. The molecule has 1 aliphatic carbocycles. The number of carbonyl (C=O) groups excluding carboxylic acids is 2. The molecule has 5 nitrogen and oxygen atoms in total. The Morgan fingerprint density at radius 1 is 0.897 bits per heavy atom. The van der Waals surface area contributed by atoms with E-state index in [2.05, 4.69) is 0 Å². The Morgan fingerprint density at radius 3 is 1.97 bits per heavy atom. The number of fused-ring (bicyclic) bond motifs is 3. The second-order valence-electron chi connectivity index (χ2n) is 7.16. The molecule has 0 bridgehead atoms. The first-order chi connectivity index (χ1) is 14.1. The number of hydrogen-bond donors (Lipinski definition) is 1. The van der Waals surface area contributed by atoms with Crippen LogP contribution in [0.3, 0.4) is 0 Å². The van der Waals surface area contributed by atoms with Crippen LogP contribution in [0.4, 0.5) is 4.79 Å². The molecular weight excluding hydrogens is 364 g/mol. The zero-order valence-corrected chi connectivity index (χ0v) is 16.1. The van der Waals surface area contributed by atoms with Crippen molar-refractivity contribution >= 4 is 12.0 Å². The molecule has 0 aliphatic heterocycles. The SMILES string of the molecule is CN(C(=O)OC1c2ccccc2-c2ccccc21)[C@@H](Cc1ccccc1)C(N)=O. The van der Waals surface area contributed by atoms with Crippen molar-refractivity contribution in [2.24, 2.45) is 5.73 Å². The number of carbonyl (C=O) groups is 2. The molecule has 0 aromatic heterocycles. The smallest absolute Gasteiger partial charge is 0.411 e. The summed E-state index contributed by atoms with van der Waals surface area (Å²) in [4.78, 5) is 26.3. The number of nitrogens with zero attached hydrogens (tertiary/aromatic N) is 1. The molecule has 5 heteroatoms. The Hall–Kier alpha value is -3.60. The van der Waals surface area contributed by atoms with E-state index < -0.39 is 24.1 Å². The molecule has 0 heterocycles. The molecule has 3 aromatic rings. The largest absolute Gasteiger partial charge is 0.436 e. The number of nitrogens with two attached hydrogens (primary N) is 1. The quantitative estimate of drug-likeness (QED) is 0.722. The molecule has 0 spiro atoms. The summed E-state index contributed by atoms with van der Waals surface area (Å²) in [5.74, 6) is -0.569. The van der Waals surface area contributed by atoms with Crippen LogP contribution in [0, 0.1) is 0 Å². The second kappa shape index (κ2) is 7.80. The van der Waals surface area contributed by atoms with Gasteiger partial charge in [0.15, 0.2) is 6.10 Å². The summed E-state index contributed by atoms with van der Waals surface area (Å²) >= 11 is 0. The minimum atomic E-state index is -0.795. The van der Waals surface area contributed by atoms with Gasteiger partial charge in [0.05, 0.1) is 0 Å². The number of benzene rings is 3. The average Bonchev–Trinajstić information content (AvgIpc) is 3.06. The molecule has 0 radical (unpaired) electrons. The molecule has 1 atom stereocenters. The highest BCUT2D eigenvalue weighted by Gasteiger charge is 2.34. The molecule has 29 heavy (non-hydrogen) atoms. The Kier molecular flexibility index (Phi) is 5.04. The number of likely N-dealkylation sites (N-methyl/N-ethyl adjacent to an activating group) is 1. The van der Waals surface area contributed by atoms with E-state index in [4.69, 9.17) is 10.5 Å². The van der Waals surface area contributed by atoms with Gasteiger partial charge in [-0.3, -0.25) is 9.69 Å². The van der Waals surface area contributed by atoms with E-state index in [0.29, 0.717) is 6.42 Å². The van der Waals surface area contributed by atoms with E-state index in [9.17, 15) is 9.59 Å². The first kappa shape index (κ1) is 18.7. The van der Waals surface area contributed by atoms with Gasteiger partial charge in [-0.15, -0.1) is 0 Å². The Balaban J connectivity index is 1.57. The van der Waals surface area contributed by atoms with Crippen molar-refractivity contribution in [3.63, 3.8) is 0 Å². The van der Waals surface area contributed by atoms with Gasteiger partial charge < -0.3 is 10.5 Å². The van der Waals surface area contributed by atoms with Crippen molar-refractivity contribution in [1.82, 2.24) is 4.90 Å². The van der Waals surface area contributed by atoms with Gasteiger partial charge in [-0.25, -0.2) is 4.79 Å². The lowest BCUT2D eigenvalue weighted by Crippen LogP contribution is -2.47. The van der Waals surface area contributed by atoms with Gasteiger partial charge >= 0.3 is 6.09 Å². The standard InChI is InChI=1S/C24H22N2O3/c1-26(21(23(25)27)15-16-9-3-2-4-10-16)24(28)29-22-19-13-7-5-11-17(19)18-12-6-8-14-20(18)22/h2-14,21-22H,15H2,1H3,(H2,25,27)/t21-/m0/s1. The van der Waals surface area contributed by atoms with Crippen molar-refractivity contribution in [2.45, 2.75) is 18.6 Å². The summed E-state index contributed by atoms with van der Waals surface area (Å²) < 4.78 is 5.87. The van der Waals surface area contributed by atoms with Crippen molar-refractivity contribution in [3.05, 3.63) is 95.6 Å². The minimum Gasteiger partial charge on any atom is -0.436 e. The summed E-state index contributed by atoms with van der Waals surface area (Å²) in [5, 5.41) is 0. The van der Waals surface area contributed by atoms with Crippen LogP contribution in [-0.2, 0) is 16.0 Å². The van der Waals surface area contributed by atoms with Gasteiger partial charge in [-0.05, 0) is 16.7 Å². The van der Waals surface area contributed by atoms with Gasteiger partial charge in [0, 0.05) is 24.6 Å². The third kappa shape index (κ3) is 3.59. The minimum absolute atomic E-state index is 0.333. The molecule has 3 aromatic carbocycles. The zero-order chi connectivity index (χ0) is 20.4. The summed E-state index contributed by atoms with van der Waals surface area (Å²) in [5.41, 5.74) is 10.5. The third-order valence-electron chi connectivity index (χ3n) is 5.35. The Bertz CT molecular complexity index is 1000. The first-order valence-corrected chi connectivity index (χ1v) is 9.51. The molecular formula is C24H22N2O3. The number of rotatable bonds is 5. The Labute approximate surface area is 169 Å². The van der Waals surface area contributed by atoms with Gasteiger partial charge in [0.25, 0.3) is 0 Å². The van der Waals surface area contributed by atoms with Crippen LogP contribution in [0.25, 0.3) is 11.1 Å². The van der Waals surface area contributed by atoms with Crippen LogP contribution < -0.4 is 5.73 Å². The predicted octanol–water partition coefficient (Wildman–Crippen LogP) is 3.92. The summed E-state index contributed by atoms with van der Waals surface area (Å²) in [6.45, 7) is 0. The van der Waals surface area contributed by atoms with Crippen LogP contribution in [0.1, 0.15) is 22.8 Å². The molecule has 0 fully saturated rings. The number of primary amides is 1. The van der Waals surface area contributed by atoms with Crippen LogP contribution in [0.2, 0.25) is 0 Å². The average molecular weight is 386 g/mol. The third-order valence-corrected chi connectivity index (χ3v) is 5.35. The van der Waals surface area contributed by atoms with E-state index in [-0.39, 0.29) is 0 Å². The molecule has 146 valence electrons. The van der Waals surface area contributed by atoms with Gasteiger partial charge in [-0.1, -0.05) is 78.9 Å². The lowest BCUT2D eigenvalue weighted by Gasteiger charge is -2.27. The topological polar surface area (TPSA) is 72.6 Å². The molecule has 0 saturated carbocycles. The van der Waals surface area contributed by atoms with E-state index in [0.717, 1.165) is 27.8 Å². The number of amides is 2. The summed E-state index contributed by atoms with van der Waals surface area (Å²) in [6, 6.07) is 24.4. The highest BCUT2D eigenvalue weighted by Crippen LogP contribution is 2.45. The maximum absolute atomic E-state index is 13.0. The molecule has 2 amide bonds. The van der Waals surface area contributed by atoms with Gasteiger partial charge in [0.1, 0.15) is 6.04 Å². The molecule has 0 saturated heterocycles. The highest BCUT2D eigenvalue weighted by atomic mass is 16.6. The van der Waals surface area contributed by atoms with Crippen LogP contribution in [-0.4, -0.2) is 30.0 Å². The van der Waals surface area contributed by atoms with E-state index in [1.54, 1.807) is 7.05 Å². The van der Waals surface area contributed by atoms with Gasteiger partial charge in [-0.2, -0.15) is 0 Å². The second-order valence-corrected chi connectivity index (χ2v) is 7.16. The normalized spacial score (nSPS) is 13.3. The molecule has 1 aliphatic rings. The van der Waals surface area contributed by atoms with E-state index in [1.165, 1.54) is 4.90 Å². The van der Waals surface area contributed by atoms with Crippen molar-refractivity contribution in [3.8, 4) is 11.1 Å². The molecule has 2 N–H and O–H groups in total. The fourth-order valence-electron chi connectivity index (χ4n) is 3.81. The maximum Gasteiger partial charge on any atom is 0.411 e. The highest BCUT2D eigenvalue weighted by molar-refractivity contribution is 5.85. The maximum atomic E-state index is 13.0. The van der Waals surface area contributed by atoms with Gasteiger partial charge in [0.2, 0.25) is 5.91 Å². The van der Waals surface area contributed by atoms with Crippen LogP contribution in [0.5, 0.6) is 0 Å². The van der Waals surface area contributed by atoms with E-state index >= 15 is 0 Å². The van der Waals surface area contributed by atoms with Crippen LogP contribution in [0.15, 0.2) is 78.9 Å². The number of hydrogen-bond acceptors (Lipinski definition) is 3. The fraction of sp³-hybridized carbons (Fsp3) is 0.167. The predicted molar refractivity (Wildman–Crippen MR) is 111 cm³/mol. The molecule has 4 rings (SSSR count). The van der Waals surface area contributed by atoms with Crippen molar-refractivity contribution in [2.75, 3.05) is 7.05 Å². The van der Waals surface area contributed by atoms with Crippen LogP contribution >= 0.6 is 0 Å². The summed E-state index contributed by atoms with van der Waals surface area (Å²) in [7, 11) is 1.55. The van der Waals surface area contributed by atoms with Crippen molar-refractivity contribution < 1.29 is 14.3 Å². The van der Waals surface area contributed by atoms with Crippen molar-refractivity contribution in [1.29, 1.82) is 0 Å². The zero-order valence-electron chi connectivity index (χ0n) is 16.1. The lowest BCUT2D eigenvalue weighted by atomic mass is 10.0. The molecule has 0 unspecified atom stereocenters. The first-order valence-electron chi connectivity index (χ1n) is 9.51. The summed E-state index contributed by atoms with van der Waals surface area (Å²) in [6.07, 6.45) is -0.761. The number of ether oxygens (including phenoxy) is 1. The lowest BCUT2D eigenvalue weighted by molar-refractivity contribution is -0.122. The van der Waals surface area contributed by atoms with E-state index in [1.807, 2.05) is 78.9 Å². The monoisotopic (exact) mass is 386 g/mol.